The summed E-state index contributed by atoms with van der Waals surface area (Å²) in [6.45, 7) is 2.65. The van der Waals surface area contributed by atoms with Gasteiger partial charge in [0.25, 0.3) is 5.91 Å². The van der Waals surface area contributed by atoms with Crippen molar-refractivity contribution in [3.05, 3.63) is 65.5 Å². The molecule has 9 heteroatoms. The van der Waals surface area contributed by atoms with Crippen LogP contribution in [-0.2, 0) is 9.53 Å². The van der Waals surface area contributed by atoms with E-state index in [1.165, 1.54) is 29.2 Å². The van der Waals surface area contributed by atoms with Crippen LogP contribution in [0.3, 0.4) is 0 Å². The van der Waals surface area contributed by atoms with E-state index in [1.54, 1.807) is 19.2 Å². The molecule has 0 spiro atoms. The molecule has 0 aromatic heterocycles. The van der Waals surface area contributed by atoms with Crippen molar-refractivity contribution in [1.29, 1.82) is 0 Å². The molecule has 2 aromatic rings. The summed E-state index contributed by atoms with van der Waals surface area (Å²) in [5.74, 6) is 0.0270. The predicted molar refractivity (Wildman–Crippen MR) is 123 cm³/mol. The van der Waals surface area contributed by atoms with E-state index in [0.29, 0.717) is 19.6 Å². The maximum absolute atomic E-state index is 13.5. The highest BCUT2D eigenvalue weighted by molar-refractivity contribution is 6.03. The molecule has 176 valence electrons. The molecule has 0 bridgehead atoms. The molecule has 2 aromatic carbocycles. The fourth-order valence-corrected chi connectivity index (χ4v) is 3.60. The molecule has 1 unspecified atom stereocenters. The summed E-state index contributed by atoms with van der Waals surface area (Å²) in [6, 6.07) is 12.7. The summed E-state index contributed by atoms with van der Waals surface area (Å²) in [6.07, 6.45) is 0.461. The van der Waals surface area contributed by atoms with Gasteiger partial charge in [0.05, 0.1) is 25.5 Å². The van der Waals surface area contributed by atoms with E-state index in [-0.39, 0.29) is 30.8 Å². The fraction of sp³-hybridized carbons (Fsp3) is 0.375. The molecule has 0 fully saturated rings. The minimum Gasteiger partial charge on any atom is -0.497 e. The maximum atomic E-state index is 13.5. The van der Waals surface area contributed by atoms with Gasteiger partial charge in [-0.3, -0.25) is 4.79 Å². The van der Waals surface area contributed by atoms with Crippen LogP contribution in [-0.4, -0.2) is 68.0 Å². The number of hydrazone groups is 1. The standard InChI is InChI=1S/C24H29FN4O4/c1-4-26-24(31)28(13-14-32-2)16-23(30)29-22(18-5-9-19(25)10-6-18)15-21(27-29)17-7-11-20(33-3)12-8-17/h5-12,22H,4,13-16H2,1-3H3,(H,26,31). The Hall–Kier alpha value is -3.46. The van der Waals surface area contributed by atoms with E-state index in [4.69, 9.17) is 9.47 Å². The second-order valence-corrected chi connectivity index (χ2v) is 7.53. The summed E-state index contributed by atoms with van der Waals surface area (Å²) >= 11 is 0. The molecule has 1 aliphatic heterocycles. The number of carbonyl (C=O) groups excluding carboxylic acids is 2. The minimum absolute atomic E-state index is 0.160. The number of hydrogen-bond acceptors (Lipinski definition) is 5. The molecule has 1 atom stereocenters. The van der Waals surface area contributed by atoms with Crippen LogP contribution in [0.15, 0.2) is 53.6 Å². The van der Waals surface area contributed by atoms with Crippen molar-refractivity contribution in [2.75, 3.05) is 40.5 Å². The topological polar surface area (TPSA) is 83.5 Å². The summed E-state index contributed by atoms with van der Waals surface area (Å²) in [5.41, 5.74) is 2.35. The van der Waals surface area contributed by atoms with Crippen LogP contribution in [0.5, 0.6) is 5.75 Å². The summed E-state index contributed by atoms with van der Waals surface area (Å²) in [5, 5.41) is 8.72. The van der Waals surface area contributed by atoms with Crippen molar-refractivity contribution in [3.63, 3.8) is 0 Å². The second kappa shape index (κ2) is 11.4. The van der Waals surface area contributed by atoms with Crippen LogP contribution < -0.4 is 10.1 Å². The van der Waals surface area contributed by atoms with Gasteiger partial charge in [0.2, 0.25) is 0 Å². The Kier molecular flexibility index (Phi) is 8.37. The van der Waals surface area contributed by atoms with Gasteiger partial charge in [-0.2, -0.15) is 5.10 Å². The third kappa shape index (κ3) is 6.07. The molecule has 1 N–H and O–H groups in total. The molecular weight excluding hydrogens is 427 g/mol. The van der Waals surface area contributed by atoms with Gasteiger partial charge in [-0.05, 0) is 54.4 Å². The monoisotopic (exact) mass is 456 g/mol. The first-order valence-electron chi connectivity index (χ1n) is 10.8. The Morgan fingerprint density at radius 1 is 1.15 bits per heavy atom. The largest absolute Gasteiger partial charge is 0.497 e. The maximum Gasteiger partial charge on any atom is 0.317 e. The molecule has 0 aliphatic carbocycles. The van der Waals surface area contributed by atoms with E-state index < -0.39 is 6.04 Å². The van der Waals surface area contributed by atoms with Crippen molar-refractivity contribution in [1.82, 2.24) is 15.2 Å². The zero-order chi connectivity index (χ0) is 23.8. The molecule has 3 amide bonds. The third-order valence-corrected chi connectivity index (χ3v) is 5.35. The smallest absolute Gasteiger partial charge is 0.317 e. The lowest BCUT2D eigenvalue weighted by atomic mass is 9.98. The highest BCUT2D eigenvalue weighted by atomic mass is 19.1. The molecule has 1 aliphatic rings. The summed E-state index contributed by atoms with van der Waals surface area (Å²) in [4.78, 5) is 27.2. The molecule has 0 saturated carbocycles. The first-order valence-corrected chi connectivity index (χ1v) is 10.8. The van der Waals surface area contributed by atoms with Gasteiger partial charge >= 0.3 is 6.03 Å². The normalized spacial score (nSPS) is 15.2. The van der Waals surface area contributed by atoms with Gasteiger partial charge in [0.1, 0.15) is 18.1 Å². The number of amides is 3. The molecule has 0 saturated heterocycles. The van der Waals surface area contributed by atoms with Gasteiger partial charge in [-0.25, -0.2) is 14.2 Å². The lowest BCUT2D eigenvalue weighted by Gasteiger charge is -2.27. The number of ether oxygens (including phenoxy) is 2. The first kappa shape index (κ1) is 24.2. The van der Waals surface area contributed by atoms with Gasteiger partial charge in [0, 0.05) is 26.6 Å². The van der Waals surface area contributed by atoms with E-state index in [0.717, 1.165) is 22.6 Å². The van der Waals surface area contributed by atoms with Gasteiger partial charge < -0.3 is 19.7 Å². The number of carbonyl (C=O) groups is 2. The van der Waals surface area contributed by atoms with Gasteiger partial charge in [-0.15, -0.1) is 0 Å². The quantitative estimate of drug-likeness (QED) is 0.628. The predicted octanol–water partition coefficient (Wildman–Crippen LogP) is 3.19. The van der Waals surface area contributed by atoms with Crippen LogP contribution in [0.4, 0.5) is 9.18 Å². The fourth-order valence-electron chi connectivity index (χ4n) is 3.60. The molecule has 8 nitrogen and oxygen atoms in total. The Morgan fingerprint density at radius 2 is 1.85 bits per heavy atom. The number of benzene rings is 2. The van der Waals surface area contributed by atoms with Crippen molar-refractivity contribution < 1.29 is 23.5 Å². The van der Waals surface area contributed by atoms with Crippen molar-refractivity contribution in [2.45, 2.75) is 19.4 Å². The Labute approximate surface area is 193 Å². The van der Waals surface area contributed by atoms with Crippen LogP contribution >= 0.6 is 0 Å². The second-order valence-electron chi connectivity index (χ2n) is 7.53. The average molecular weight is 457 g/mol. The van der Waals surface area contributed by atoms with E-state index in [2.05, 4.69) is 10.4 Å². The number of nitrogens with one attached hydrogen (secondary N) is 1. The highest BCUT2D eigenvalue weighted by Crippen LogP contribution is 2.33. The highest BCUT2D eigenvalue weighted by Gasteiger charge is 2.34. The lowest BCUT2D eigenvalue weighted by Crippen LogP contribution is -2.47. The number of methoxy groups -OCH3 is 2. The molecule has 33 heavy (non-hydrogen) atoms. The number of nitrogens with zero attached hydrogens (tertiary/aromatic N) is 3. The summed E-state index contributed by atoms with van der Waals surface area (Å²) in [7, 11) is 3.13. The van der Waals surface area contributed by atoms with Crippen LogP contribution in [0.1, 0.15) is 30.5 Å². The van der Waals surface area contributed by atoms with Gasteiger partial charge in [0.15, 0.2) is 0 Å². The zero-order valence-corrected chi connectivity index (χ0v) is 19.1. The van der Waals surface area contributed by atoms with E-state index in [9.17, 15) is 14.0 Å². The zero-order valence-electron chi connectivity index (χ0n) is 19.1. The van der Waals surface area contributed by atoms with Gasteiger partial charge in [-0.1, -0.05) is 12.1 Å². The number of rotatable bonds is 9. The molecule has 0 radical (unpaired) electrons. The van der Waals surface area contributed by atoms with E-state index in [1.807, 2.05) is 31.2 Å². The van der Waals surface area contributed by atoms with Crippen molar-refractivity contribution in [2.24, 2.45) is 5.10 Å². The number of halogens is 1. The Bertz CT molecular complexity index is 979. The SMILES string of the molecule is CCNC(=O)N(CCOC)CC(=O)N1N=C(c2ccc(OC)cc2)CC1c1ccc(F)cc1. The first-order chi connectivity index (χ1) is 16.0. The summed E-state index contributed by atoms with van der Waals surface area (Å²) < 4.78 is 23.8. The molecule has 1 heterocycles. The number of urea groups is 1. The Morgan fingerprint density at radius 3 is 2.45 bits per heavy atom. The lowest BCUT2D eigenvalue weighted by molar-refractivity contribution is -0.133. The van der Waals surface area contributed by atoms with Crippen molar-refractivity contribution in [3.8, 4) is 5.75 Å². The van der Waals surface area contributed by atoms with Crippen LogP contribution in [0.2, 0.25) is 0 Å². The average Bonchev–Trinajstić information content (AvgIpc) is 3.28. The Balaban J connectivity index is 1.88. The van der Waals surface area contributed by atoms with Crippen molar-refractivity contribution >= 4 is 17.6 Å². The molecular formula is C24H29FN4O4. The number of hydrogen-bond donors (Lipinski definition) is 1. The third-order valence-electron chi connectivity index (χ3n) is 5.35. The minimum atomic E-state index is -0.409. The molecule has 3 rings (SSSR count). The van der Waals surface area contributed by atoms with Crippen LogP contribution in [0.25, 0.3) is 0 Å². The van der Waals surface area contributed by atoms with E-state index >= 15 is 0 Å². The van der Waals surface area contributed by atoms with Crippen LogP contribution in [0, 0.1) is 5.82 Å².